The molecule has 10 heteroatoms. The Kier molecular flexibility index (Phi) is 5.48. The van der Waals surface area contributed by atoms with E-state index in [2.05, 4.69) is 14.5 Å². The molecule has 0 aromatic carbocycles. The van der Waals surface area contributed by atoms with Gasteiger partial charge in [-0.2, -0.15) is 0 Å². The quantitative estimate of drug-likeness (QED) is 0.434. The molecule has 0 spiro atoms. The van der Waals surface area contributed by atoms with Crippen molar-refractivity contribution in [2.75, 3.05) is 7.11 Å². The van der Waals surface area contributed by atoms with Crippen LogP contribution in [-0.2, 0) is 16.0 Å². The molecule has 0 amide bonds. The van der Waals surface area contributed by atoms with Gasteiger partial charge < -0.3 is 9.47 Å². The molecule has 0 saturated carbocycles. The van der Waals surface area contributed by atoms with Gasteiger partial charge in [0.1, 0.15) is 0 Å². The van der Waals surface area contributed by atoms with Crippen molar-refractivity contribution >= 4 is 28.6 Å². The van der Waals surface area contributed by atoms with Crippen molar-refractivity contribution in [2.45, 2.75) is 19.2 Å². The van der Waals surface area contributed by atoms with Gasteiger partial charge in [-0.05, 0) is 28.2 Å². The van der Waals surface area contributed by atoms with Crippen LogP contribution in [-0.4, -0.2) is 24.4 Å². The van der Waals surface area contributed by atoms with Gasteiger partial charge in [-0.15, -0.1) is 13.2 Å². The minimum Gasteiger partial charge on any atom is -0.469 e. The summed E-state index contributed by atoms with van der Waals surface area (Å²) in [5, 5.41) is 0. The number of aromatic nitrogens is 1. The highest BCUT2D eigenvalue weighted by atomic mass is 127. The van der Waals surface area contributed by atoms with E-state index in [0.29, 0.717) is 0 Å². The van der Waals surface area contributed by atoms with Crippen LogP contribution < -0.4 is 4.74 Å². The van der Waals surface area contributed by atoms with Gasteiger partial charge in [-0.25, -0.2) is 13.8 Å². The summed E-state index contributed by atoms with van der Waals surface area (Å²) in [7, 11) is 1.03. The maximum Gasteiger partial charge on any atom is 0.574 e. The summed E-state index contributed by atoms with van der Waals surface area (Å²) in [6.45, 7) is 0. The maximum atomic E-state index is 13.0. The second kappa shape index (κ2) is 6.50. The third kappa shape index (κ3) is 4.42. The normalized spacial score (nSPS) is 11.6. The molecule has 1 aromatic heterocycles. The topological polar surface area (TPSA) is 48.4 Å². The molecule has 0 bridgehead atoms. The van der Waals surface area contributed by atoms with E-state index >= 15 is 0 Å². The van der Waals surface area contributed by atoms with Crippen molar-refractivity contribution in [3.05, 3.63) is 20.9 Å². The highest BCUT2D eigenvalue weighted by molar-refractivity contribution is 14.1. The molecule has 0 unspecified atom stereocenters. The average molecular weight is 411 g/mol. The molecule has 1 rings (SSSR count). The van der Waals surface area contributed by atoms with Crippen LogP contribution in [0.2, 0.25) is 0 Å². The fourth-order valence-corrected chi connectivity index (χ4v) is 1.95. The Morgan fingerprint density at radius 2 is 2.05 bits per heavy atom. The second-order valence-electron chi connectivity index (χ2n) is 3.40. The van der Waals surface area contributed by atoms with Crippen molar-refractivity contribution in [3.63, 3.8) is 0 Å². The van der Waals surface area contributed by atoms with E-state index in [1.807, 2.05) is 0 Å². The summed E-state index contributed by atoms with van der Waals surface area (Å²) in [5.74, 6) is -2.14. The Morgan fingerprint density at radius 1 is 1.45 bits per heavy atom. The minimum absolute atomic E-state index is 0.109. The van der Waals surface area contributed by atoms with Crippen LogP contribution in [0, 0.1) is 3.57 Å². The van der Waals surface area contributed by atoms with Crippen molar-refractivity contribution in [2.24, 2.45) is 0 Å². The third-order valence-corrected chi connectivity index (χ3v) is 3.05. The number of nitrogens with zero attached hydrogens (tertiary/aromatic N) is 1. The van der Waals surface area contributed by atoms with E-state index in [9.17, 15) is 26.7 Å². The monoisotopic (exact) mass is 411 g/mol. The lowest BCUT2D eigenvalue weighted by Crippen LogP contribution is -2.20. The predicted octanol–water partition coefficient (Wildman–Crippen LogP) is 3.24. The zero-order valence-corrected chi connectivity index (χ0v) is 12.0. The number of esters is 1. The van der Waals surface area contributed by atoms with Crippen molar-refractivity contribution in [3.8, 4) is 5.88 Å². The lowest BCUT2D eigenvalue weighted by molar-refractivity contribution is -0.276. The van der Waals surface area contributed by atoms with Gasteiger partial charge in [0.15, 0.2) is 0 Å². The molecule has 0 radical (unpaired) electrons. The molecule has 0 aliphatic carbocycles. The fraction of sp³-hybridized carbons (Fsp3) is 0.400. The largest absolute Gasteiger partial charge is 0.574 e. The SMILES string of the molecule is COC(=O)Cc1c(I)cnc(OC(F)(F)F)c1C(F)F. The second-order valence-corrected chi connectivity index (χ2v) is 4.57. The number of alkyl halides is 5. The number of ether oxygens (including phenoxy) is 2. The van der Waals surface area contributed by atoms with Crippen molar-refractivity contribution in [1.82, 2.24) is 4.98 Å². The van der Waals surface area contributed by atoms with E-state index in [1.165, 1.54) is 0 Å². The zero-order chi connectivity index (χ0) is 15.5. The van der Waals surface area contributed by atoms with E-state index < -0.39 is 36.6 Å². The molecule has 112 valence electrons. The first-order valence-electron chi connectivity index (χ1n) is 4.93. The number of carbonyl (C=O) groups is 1. The molecule has 0 N–H and O–H groups in total. The van der Waals surface area contributed by atoms with Crippen molar-refractivity contribution in [1.29, 1.82) is 0 Å². The zero-order valence-electron chi connectivity index (χ0n) is 9.80. The number of hydrogen-bond donors (Lipinski definition) is 0. The first kappa shape index (κ1) is 16.9. The Morgan fingerprint density at radius 3 is 2.50 bits per heavy atom. The van der Waals surface area contributed by atoms with Crippen LogP contribution in [0.15, 0.2) is 6.20 Å². The van der Waals surface area contributed by atoms with Gasteiger partial charge in [0, 0.05) is 9.77 Å². The number of halogens is 6. The van der Waals surface area contributed by atoms with Gasteiger partial charge in [-0.3, -0.25) is 4.79 Å². The molecule has 0 fully saturated rings. The molecule has 1 aromatic rings. The minimum atomic E-state index is -5.16. The highest BCUT2D eigenvalue weighted by Crippen LogP contribution is 2.36. The molecule has 0 atom stereocenters. The first-order valence-corrected chi connectivity index (χ1v) is 6.01. The fourth-order valence-electron chi connectivity index (χ4n) is 1.33. The maximum absolute atomic E-state index is 13.0. The van der Waals surface area contributed by atoms with Crippen LogP contribution in [0.4, 0.5) is 22.0 Å². The molecule has 4 nitrogen and oxygen atoms in total. The summed E-state index contributed by atoms with van der Waals surface area (Å²) in [6.07, 6.45) is -8.14. The van der Waals surface area contributed by atoms with Gasteiger partial charge in [0.25, 0.3) is 6.43 Å². The first-order chi connectivity index (χ1) is 9.15. The van der Waals surface area contributed by atoms with Crippen LogP contribution in [0.3, 0.4) is 0 Å². The summed E-state index contributed by atoms with van der Waals surface area (Å²) < 4.78 is 70.2. The molecular formula is C10H7F5INO3. The molecule has 0 aliphatic rings. The number of pyridine rings is 1. The Balaban J connectivity index is 3.33. The number of hydrogen-bond acceptors (Lipinski definition) is 4. The van der Waals surface area contributed by atoms with E-state index in [4.69, 9.17) is 0 Å². The summed E-state index contributed by atoms with van der Waals surface area (Å²) >= 11 is 1.58. The third-order valence-electron chi connectivity index (χ3n) is 2.12. The number of carbonyl (C=O) groups excluding carboxylic acids is 1. The van der Waals surface area contributed by atoms with Crippen LogP contribution in [0.25, 0.3) is 0 Å². The Bertz CT molecular complexity index is 506. The van der Waals surface area contributed by atoms with E-state index in [1.54, 1.807) is 22.6 Å². The summed E-state index contributed by atoms with van der Waals surface area (Å²) in [4.78, 5) is 14.3. The number of methoxy groups -OCH3 is 1. The van der Waals surface area contributed by atoms with Crippen LogP contribution in [0.5, 0.6) is 5.88 Å². The standard InChI is InChI=1S/C10H7F5INO3/c1-19-6(18)2-4-5(16)3-17-9(7(4)8(11)12)20-10(13,14)15/h3,8H,2H2,1H3. The average Bonchev–Trinajstić information content (AvgIpc) is 2.30. The smallest absolute Gasteiger partial charge is 0.469 e. The predicted molar refractivity (Wildman–Crippen MR) is 64.3 cm³/mol. The summed E-state index contributed by atoms with van der Waals surface area (Å²) in [5.41, 5.74) is -1.37. The van der Waals surface area contributed by atoms with E-state index in [-0.39, 0.29) is 9.13 Å². The molecule has 0 saturated heterocycles. The lowest BCUT2D eigenvalue weighted by atomic mass is 10.1. The Hall–Kier alpha value is -1.20. The lowest BCUT2D eigenvalue weighted by Gasteiger charge is -2.16. The van der Waals surface area contributed by atoms with Crippen LogP contribution >= 0.6 is 22.6 Å². The number of rotatable bonds is 4. The molecule has 0 aliphatic heterocycles. The van der Waals surface area contributed by atoms with Gasteiger partial charge >= 0.3 is 12.3 Å². The summed E-state index contributed by atoms with van der Waals surface area (Å²) in [6, 6.07) is 0. The van der Waals surface area contributed by atoms with Gasteiger partial charge in [-0.1, -0.05) is 0 Å². The molecule has 1 heterocycles. The van der Waals surface area contributed by atoms with Crippen molar-refractivity contribution < 1.29 is 36.2 Å². The van der Waals surface area contributed by atoms with Gasteiger partial charge in [0.2, 0.25) is 5.88 Å². The molecule has 20 heavy (non-hydrogen) atoms. The highest BCUT2D eigenvalue weighted by Gasteiger charge is 2.35. The van der Waals surface area contributed by atoms with Gasteiger partial charge in [0.05, 0.1) is 19.1 Å². The van der Waals surface area contributed by atoms with E-state index in [0.717, 1.165) is 13.3 Å². The molecular weight excluding hydrogens is 404 g/mol. The van der Waals surface area contributed by atoms with Crippen LogP contribution in [0.1, 0.15) is 17.6 Å². The Labute approximate surface area is 123 Å².